The molecule has 6 nitrogen and oxygen atoms in total. The van der Waals surface area contributed by atoms with Crippen molar-refractivity contribution in [2.75, 3.05) is 26.8 Å². The van der Waals surface area contributed by atoms with Crippen LogP contribution < -0.4 is 5.32 Å². The molecule has 0 aromatic rings. The molecule has 6 heteroatoms. The molecule has 0 amide bonds. The first-order chi connectivity index (χ1) is 10.2. The van der Waals surface area contributed by atoms with Gasteiger partial charge < -0.3 is 19.8 Å². The second-order valence-electron chi connectivity index (χ2n) is 4.68. The summed E-state index contributed by atoms with van der Waals surface area (Å²) in [6.45, 7) is 8.34. The van der Waals surface area contributed by atoms with Gasteiger partial charge in [0.2, 0.25) is 0 Å². The van der Waals surface area contributed by atoms with Crippen molar-refractivity contribution in [1.29, 1.82) is 0 Å². The van der Waals surface area contributed by atoms with E-state index in [4.69, 9.17) is 9.57 Å². The van der Waals surface area contributed by atoms with Crippen molar-refractivity contribution in [2.24, 2.45) is 10.1 Å². The zero-order valence-electron chi connectivity index (χ0n) is 13.4. The van der Waals surface area contributed by atoms with Crippen LogP contribution in [-0.4, -0.2) is 50.3 Å². The summed E-state index contributed by atoms with van der Waals surface area (Å²) in [5.74, 6) is 0.985. The Morgan fingerprint density at radius 1 is 1.52 bits per heavy atom. The summed E-state index contributed by atoms with van der Waals surface area (Å²) >= 11 is 0. The molecule has 0 saturated heterocycles. The molecule has 0 radical (unpaired) electrons. The van der Waals surface area contributed by atoms with Gasteiger partial charge in [0.05, 0.1) is 12.4 Å². The van der Waals surface area contributed by atoms with Crippen molar-refractivity contribution >= 4 is 12.6 Å². The lowest BCUT2D eigenvalue weighted by Crippen LogP contribution is -2.34. The fourth-order valence-electron chi connectivity index (χ4n) is 2.01. The topological polar surface area (TPSA) is 58.5 Å². The van der Waals surface area contributed by atoms with E-state index in [1.807, 2.05) is 20.0 Å². The first kappa shape index (κ1) is 17.2. The number of nitrogens with zero attached hydrogens (tertiary/aromatic N) is 3. The van der Waals surface area contributed by atoms with E-state index in [0.717, 1.165) is 37.6 Å². The molecule has 0 aliphatic carbocycles. The third-order valence-electron chi connectivity index (χ3n) is 3.11. The van der Waals surface area contributed by atoms with Crippen LogP contribution in [0.25, 0.3) is 0 Å². The van der Waals surface area contributed by atoms with Crippen LogP contribution >= 0.6 is 0 Å². The molecule has 1 unspecified atom stereocenters. The van der Waals surface area contributed by atoms with Gasteiger partial charge in [0, 0.05) is 33.0 Å². The molecule has 0 aromatic carbocycles. The largest absolute Gasteiger partial charge is 0.382 e. The smallest absolute Gasteiger partial charge is 0.131 e. The summed E-state index contributed by atoms with van der Waals surface area (Å²) in [5, 5.41) is 6.87. The Hall–Kier alpha value is -1.82. The van der Waals surface area contributed by atoms with Gasteiger partial charge in [-0.1, -0.05) is 5.16 Å². The number of hydrogen-bond acceptors (Lipinski definition) is 6. The maximum absolute atomic E-state index is 5.36. The van der Waals surface area contributed by atoms with Gasteiger partial charge in [0.15, 0.2) is 0 Å². The molecule has 1 rings (SSSR count). The molecule has 0 saturated carbocycles. The van der Waals surface area contributed by atoms with Gasteiger partial charge in [-0.05, 0) is 38.8 Å². The van der Waals surface area contributed by atoms with E-state index in [1.165, 1.54) is 0 Å². The number of rotatable bonds is 9. The van der Waals surface area contributed by atoms with Crippen LogP contribution in [0.5, 0.6) is 0 Å². The molecule has 0 fully saturated rings. The van der Waals surface area contributed by atoms with Gasteiger partial charge in [-0.25, -0.2) is 4.99 Å². The minimum absolute atomic E-state index is 0.0684. The number of ether oxygens (including phenoxy) is 1. The summed E-state index contributed by atoms with van der Waals surface area (Å²) in [6, 6.07) is 0.0684. The third kappa shape index (κ3) is 5.99. The van der Waals surface area contributed by atoms with E-state index in [1.54, 1.807) is 25.7 Å². The van der Waals surface area contributed by atoms with Gasteiger partial charge >= 0.3 is 0 Å². The fraction of sp³-hybridized carbons (Fsp3) is 0.600. The quantitative estimate of drug-likeness (QED) is 0.306. The van der Waals surface area contributed by atoms with Crippen molar-refractivity contribution in [1.82, 2.24) is 10.2 Å². The minimum atomic E-state index is 0.0684. The van der Waals surface area contributed by atoms with Crippen molar-refractivity contribution < 1.29 is 9.57 Å². The van der Waals surface area contributed by atoms with Crippen LogP contribution in [-0.2, 0) is 9.57 Å². The van der Waals surface area contributed by atoms with Crippen molar-refractivity contribution in [3.63, 3.8) is 0 Å². The highest BCUT2D eigenvalue weighted by Crippen LogP contribution is 2.17. The predicted octanol–water partition coefficient (Wildman–Crippen LogP) is 2.11. The number of aliphatic imine (C=N–C) groups is 1. The second-order valence-corrected chi connectivity index (χ2v) is 4.68. The van der Waals surface area contributed by atoms with Crippen molar-refractivity contribution in [2.45, 2.75) is 33.2 Å². The molecule has 1 heterocycles. The molecule has 1 aliphatic rings. The Morgan fingerprint density at radius 3 is 3.05 bits per heavy atom. The fourth-order valence-corrected chi connectivity index (χ4v) is 2.01. The lowest BCUT2D eigenvalue weighted by Gasteiger charge is -2.27. The number of nitrogens with one attached hydrogen (secondary N) is 1. The Kier molecular flexibility index (Phi) is 8.19. The average Bonchev–Trinajstić information content (AvgIpc) is 2.49. The maximum atomic E-state index is 5.36. The predicted molar refractivity (Wildman–Crippen MR) is 86.2 cm³/mol. The van der Waals surface area contributed by atoms with Crippen molar-refractivity contribution in [3.8, 4) is 0 Å². The van der Waals surface area contributed by atoms with E-state index >= 15 is 0 Å². The lowest BCUT2D eigenvalue weighted by molar-refractivity contribution is 0.138. The lowest BCUT2D eigenvalue weighted by atomic mass is 10.1. The molecular weight excluding hydrogens is 268 g/mol. The van der Waals surface area contributed by atoms with Crippen LogP contribution in [0, 0.1) is 0 Å². The summed E-state index contributed by atoms with van der Waals surface area (Å²) in [6.07, 6.45) is 7.80. The first-order valence-electron chi connectivity index (χ1n) is 7.29. The molecule has 0 aromatic heterocycles. The zero-order valence-corrected chi connectivity index (χ0v) is 13.4. The van der Waals surface area contributed by atoms with Gasteiger partial charge in [-0.3, -0.25) is 0 Å². The number of hydrogen-bond donors (Lipinski definition) is 1. The molecule has 21 heavy (non-hydrogen) atoms. The Balaban J connectivity index is 2.57. The molecule has 1 atom stereocenters. The zero-order chi connectivity index (χ0) is 15.5. The summed E-state index contributed by atoms with van der Waals surface area (Å²) in [5.41, 5.74) is 1.15. The van der Waals surface area contributed by atoms with Crippen LogP contribution in [0.3, 0.4) is 0 Å². The van der Waals surface area contributed by atoms with Gasteiger partial charge in [0.1, 0.15) is 12.1 Å². The Morgan fingerprint density at radius 2 is 2.33 bits per heavy atom. The second kappa shape index (κ2) is 9.99. The van der Waals surface area contributed by atoms with Gasteiger partial charge in [-0.2, -0.15) is 0 Å². The van der Waals surface area contributed by atoms with E-state index in [0.29, 0.717) is 0 Å². The average molecular weight is 294 g/mol. The minimum Gasteiger partial charge on any atom is -0.382 e. The maximum Gasteiger partial charge on any atom is 0.131 e. The van der Waals surface area contributed by atoms with Crippen LogP contribution in [0.15, 0.2) is 33.9 Å². The Labute approximate surface area is 127 Å². The highest BCUT2D eigenvalue weighted by Gasteiger charge is 2.17. The summed E-state index contributed by atoms with van der Waals surface area (Å²) in [4.78, 5) is 11.6. The van der Waals surface area contributed by atoms with E-state index in [-0.39, 0.29) is 6.04 Å². The molecule has 1 N–H and O–H groups in total. The van der Waals surface area contributed by atoms with Crippen LogP contribution in [0.4, 0.5) is 0 Å². The number of oxime groups is 1. The summed E-state index contributed by atoms with van der Waals surface area (Å²) in [7, 11) is 2.05. The molecule has 118 valence electrons. The third-order valence-corrected chi connectivity index (χ3v) is 3.11. The van der Waals surface area contributed by atoms with Crippen molar-refractivity contribution in [3.05, 3.63) is 23.7 Å². The molecule has 0 bridgehead atoms. The Bertz CT molecular complexity index is 416. The first-order valence-corrected chi connectivity index (χ1v) is 7.29. The normalized spacial score (nSPS) is 18.6. The highest BCUT2D eigenvalue weighted by atomic mass is 16.6. The molecule has 0 spiro atoms. The standard InChI is InChI=1S/C15H26N4O2/c1-5-18-21-11-8-14-13(3)15(17-12-16-14)19(4)9-7-10-20-6-2/h5,8,11-12,14H,6-7,9-10H2,1-4H3,(H,16,17)/b11-8+,18-5+. The molecule has 1 aliphatic heterocycles. The van der Waals surface area contributed by atoms with E-state index in [9.17, 15) is 0 Å². The van der Waals surface area contributed by atoms with E-state index < -0.39 is 0 Å². The van der Waals surface area contributed by atoms with Gasteiger partial charge in [-0.15, -0.1) is 0 Å². The monoisotopic (exact) mass is 294 g/mol. The molecular formula is C15H26N4O2. The summed E-state index contributed by atoms with van der Waals surface area (Å²) < 4.78 is 5.36. The highest BCUT2D eigenvalue weighted by molar-refractivity contribution is 5.61. The van der Waals surface area contributed by atoms with Gasteiger partial charge in [0.25, 0.3) is 0 Å². The SMILES string of the molecule is C/C=N/O/C=C/C1NC=NC(N(C)CCCOCC)=C1C. The van der Waals surface area contributed by atoms with E-state index in [2.05, 4.69) is 27.3 Å². The van der Waals surface area contributed by atoms with Crippen LogP contribution in [0.2, 0.25) is 0 Å². The van der Waals surface area contributed by atoms with Crippen LogP contribution in [0.1, 0.15) is 27.2 Å².